The summed E-state index contributed by atoms with van der Waals surface area (Å²) in [6, 6.07) is 8.06. The molecule has 1 aromatic heterocycles. The zero-order valence-electron chi connectivity index (χ0n) is 16.7. The first-order chi connectivity index (χ1) is 13.6. The Morgan fingerprint density at radius 3 is 2.55 bits per heavy atom. The van der Waals surface area contributed by atoms with Gasteiger partial charge in [-0.3, -0.25) is 4.79 Å². The van der Waals surface area contributed by atoms with E-state index < -0.39 is 15.9 Å². The Balaban J connectivity index is 1.87. The van der Waals surface area contributed by atoms with Gasteiger partial charge in [0.15, 0.2) is 0 Å². The van der Waals surface area contributed by atoms with Gasteiger partial charge in [-0.2, -0.15) is 9.57 Å². The average molecular weight is 434 g/mol. The number of thiophene rings is 1. The highest BCUT2D eigenvalue weighted by Crippen LogP contribution is 2.32. The number of ether oxygens (including phenoxy) is 1. The highest BCUT2D eigenvalue weighted by molar-refractivity contribution is 7.89. The molecule has 1 aliphatic rings. The molecule has 2 atom stereocenters. The summed E-state index contributed by atoms with van der Waals surface area (Å²) in [5.41, 5.74) is 1.48. The van der Waals surface area contributed by atoms with Gasteiger partial charge in [-0.15, -0.1) is 11.3 Å². The lowest BCUT2D eigenvalue weighted by Gasteiger charge is -2.34. The zero-order valence-corrected chi connectivity index (χ0v) is 18.4. The fraction of sp³-hybridized carbons (Fsp3) is 0.400. The number of hydrogen-bond donors (Lipinski definition) is 1. The second-order valence-electron chi connectivity index (χ2n) is 7.16. The third-order valence-electron chi connectivity index (χ3n) is 4.84. The number of anilines is 1. The SMILES string of the molecule is Cc1sc(NC(=O)c2cccc(S(=O)(=O)N3C[C@H](C)O[C@@H](C)C3)c2)c(C#N)c1C. The van der Waals surface area contributed by atoms with Gasteiger partial charge in [0.2, 0.25) is 10.0 Å². The lowest BCUT2D eigenvalue weighted by molar-refractivity contribution is -0.0440. The number of morpholine rings is 1. The summed E-state index contributed by atoms with van der Waals surface area (Å²) in [5.74, 6) is -0.455. The molecule has 2 heterocycles. The van der Waals surface area contributed by atoms with Gasteiger partial charge in [0.25, 0.3) is 5.91 Å². The van der Waals surface area contributed by atoms with Gasteiger partial charge in [0.05, 0.1) is 22.7 Å². The number of rotatable bonds is 4. The molecule has 1 aliphatic heterocycles. The molecular formula is C20H23N3O4S2. The standard InChI is InChI=1S/C20H23N3O4S2/c1-12-10-23(11-13(2)27-12)29(25,26)17-7-5-6-16(8-17)19(24)22-20-18(9-21)14(3)15(4)28-20/h5-8,12-13H,10-11H2,1-4H3,(H,22,24)/t12-,13-/m0/s1. The van der Waals surface area contributed by atoms with E-state index in [2.05, 4.69) is 11.4 Å². The largest absolute Gasteiger partial charge is 0.373 e. The first kappa shape index (κ1) is 21.5. The van der Waals surface area contributed by atoms with Crippen LogP contribution in [0.2, 0.25) is 0 Å². The molecule has 0 aliphatic carbocycles. The van der Waals surface area contributed by atoms with Crippen molar-refractivity contribution in [3.8, 4) is 6.07 Å². The maximum Gasteiger partial charge on any atom is 0.256 e. The minimum atomic E-state index is -3.75. The van der Waals surface area contributed by atoms with Crippen molar-refractivity contribution in [2.75, 3.05) is 18.4 Å². The van der Waals surface area contributed by atoms with Crippen LogP contribution in [0.15, 0.2) is 29.2 Å². The van der Waals surface area contributed by atoms with Crippen LogP contribution in [-0.2, 0) is 14.8 Å². The van der Waals surface area contributed by atoms with Crippen LogP contribution in [0.5, 0.6) is 0 Å². The van der Waals surface area contributed by atoms with E-state index in [-0.39, 0.29) is 35.8 Å². The molecule has 0 spiro atoms. The van der Waals surface area contributed by atoms with Crippen molar-refractivity contribution in [3.05, 3.63) is 45.8 Å². The summed E-state index contributed by atoms with van der Waals surface area (Å²) in [6.45, 7) is 7.91. The molecule has 0 saturated carbocycles. The van der Waals surface area contributed by atoms with Crippen LogP contribution in [0.3, 0.4) is 0 Å². The predicted molar refractivity (Wildman–Crippen MR) is 112 cm³/mol. The maximum absolute atomic E-state index is 13.1. The van der Waals surface area contributed by atoms with Crippen molar-refractivity contribution in [3.63, 3.8) is 0 Å². The van der Waals surface area contributed by atoms with Gasteiger partial charge >= 0.3 is 0 Å². The Kier molecular flexibility index (Phi) is 6.10. The van der Waals surface area contributed by atoms with Crippen molar-refractivity contribution in [1.82, 2.24) is 4.31 Å². The summed E-state index contributed by atoms with van der Waals surface area (Å²) in [6.07, 6.45) is -0.399. The van der Waals surface area contributed by atoms with Crippen LogP contribution in [0.1, 0.15) is 40.2 Å². The molecule has 1 amide bonds. The molecule has 0 radical (unpaired) electrons. The lowest BCUT2D eigenvalue weighted by atomic mass is 10.2. The molecule has 154 valence electrons. The molecule has 29 heavy (non-hydrogen) atoms. The molecule has 7 nitrogen and oxygen atoms in total. The van der Waals surface area contributed by atoms with E-state index in [1.807, 2.05) is 27.7 Å². The third kappa shape index (κ3) is 4.36. The molecule has 1 N–H and O–H groups in total. The summed E-state index contributed by atoms with van der Waals surface area (Å²) in [7, 11) is -3.75. The summed E-state index contributed by atoms with van der Waals surface area (Å²) >= 11 is 1.33. The van der Waals surface area contributed by atoms with Crippen LogP contribution in [0.25, 0.3) is 0 Å². The van der Waals surface area contributed by atoms with E-state index in [1.54, 1.807) is 12.1 Å². The quantitative estimate of drug-likeness (QED) is 0.798. The Bertz CT molecular complexity index is 1080. The first-order valence-corrected chi connectivity index (χ1v) is 11.5. The van der Waals surface area contributed by atoms with Crippen LogP contribution < -0.4 is 5.32 Å². The molecule has 1 fully saturated rings. The smallest absolute Gasteiger partial charge is 0.256 e. The second kappa shape index (κ2) is 8.24. The monoisotopic (exact) mass is 433 g/mol. The molecule has 2 aromatic rings. The van der Waals surface area contributed by atoms with E-state index >= 15 is 0 Å². The minimum absolute atomic E-state index is 0.0606. The normalized spacial score (nSPS) is 20.2. The number of carbonyl (C=O) groups excluding carboxylic acids is 1. The predicted octanol–water partition coefficient (Wildman–Crippen LogP) is 3.29. The number of nitriles is 1. The lowest BCUT2D eigenvalue weighted by Crippen LogP contribution is -2.48. The van der Waals surface area contributed by atoms with Gasteiger partial charge in [-0.25, -0.2) is 8.42 Å². The van der Waals surface area contributed by atoms with Crippen molar-refractivity contribution < 1.29 is 17.9 Å². The van der Waals surface area contributed by atoms with E-state index in [1.165, 1.54) is 27.8 Å². The Morgan fingerprint density at radius 2 is 1.93 bits per heavy atom. The number of nitrogens with zero attached hydrogens (tertiary/aromatic N) is 2. The number of amides is 1. The highest BCUT2D eigenvalue weighted by Gasteiger charge is 2.32. The van der Waals surface area contributed by atoms with Gasteiger partial charge in [-0.1, -0.05) is 6.07 Å². The van der Waals surface area contributed by atoms with Gasteiger partial charge < -0.3 is 10.1 Å². The number of nitrogens with one attached hydrogen (secondary N) is 1. The maximum atomic E-state index is 13.1. The molecule has 1 aromatic carbocycles. The second-order valence-corrected chi connectivity index (χ2v) is 10.3. The number of carbonyl (C=O) groups is 1. The first-order valence-electron chi connectivity index (χ1n) is 9.20. The summed E-state index contributed by atoms with van der Waals surface area (Å²) in [4.78, 5) is 13.7. The summed E-state index contributed by atoms with van der Waals surface area (Å²) < 4.78 is 33.1. The molecule has 3 rings (SSSR count). The number of benzene rings is 1. The fourth-order valence-electron chi connectivity index (χ4n) is 3.30. The van der Waals surface area contributed by atoms with Crippen molar-refractivity contribution in [1.29, 1.82) is 5.26 Å². The van der Waals surface area contributed by atoms with E-state index in [0.717, 1.165) is 10.4 Å². The Morgan fingerprint density at radius 1 is 1.28 bits per heavy atom. The molecule has 0 unspecified atom stereocenters. The van der Waals surface area contributed by atoms with Crippen molar-refractivity contribution in [2.24, 2.45) is 0 Å². The Hall–Kier alpha value is -2.25. The fourth-order valence-corrected chi connectivity index (χ4v) is 5.94. The third-order valence-corrected chi connectivity index (χ3v) is 7.79. The molecule has 0 bridgehead atoms. The van der Waals surface area contributed by atoms with Crippen molar-refractivity contribution >= 4 is 32.3 Å². The van der Waals surface area contributed by atoms with Gasteiger partial charge in [0.1, 0.15) is 11.1 Å². The topological polar surface area (TPSA) is 99.5 Å². The minimum Gasteiger partial charge on any atom is -0.373 e. The highest BCUT2D eigenvalue weighted by atomic mass is 32.2. The number of sulfonamides is 1. The number of aryl methyl sites for hydroxylation is 1. The van der Waals surface area contributed by atoms with Crippen LogP contribution in [0, 0.1) is 25.2 Å². The summed E-state index contributed by atoms with van der Waals surface area (Å²) in [5, 5.41) is 12.6. The van der Waals surface area contributed by atoms with Crippen LogP contribution in [-0.4, -0.2) is 43.9 Å². The van der Waals surface area contributed by atoms with Crippen LogP contribution >= 0.6 is 11.3 Å². The number of hydrogen-bond acceptors (Lipinski definition) is 6. The Labute approximate surface area is 175 Å². The molecule has 1 saturated heterocycles. The zero-order chi connectivity index (χ0) is 21.3. The molecule has 9 heteroatoms. The van der Waals surface area contributed by atoms with Gasteiger partial charge in [-0.05, 0) is 51.5 Å². The van der Waals surface area contributed by atoms with E-state index in [0.29, 0.717) is 10.6 Å². The van der Waals surface area contributed by atoms with E-state index in [4.69, 9.17) is 4.74 Å². The van der Waals surface area contributed by atoms with E-state index in [9.17, 15) is 18.5 Å². The molecular weight excluding hydrogens is 410 g/mol. The van der Waals surface area contributed by atoms with Crippen LogP contribution in [0.4, 0.5) is 5.00 Å². The van der Waals surface area contributed by atoms with Gasteiger partial charge in [0, 0.05) is 23.5 Å². The average Bonchev–Trinajstić information content (AvgIpc) is 2.93. The van der Waals surface area contributed by atoms with Crippen molar-refractivity contribution in [2.45, 2.75) is 44.8 Å².